The van der Waals surface area contributed by atoms with E-state index >= 15 is 0 Å². The van der Waals surface area contributed by atoms with Gasteiger partial charge in [0.2, 0.25) is 5.91 Å². The Balaban J connectivity index is 0.00000264. The third-order valence-electron chi connectivity index (χ3n) is 3.37. The van der Waals surface area contributed by atoms with E-state index in [1.165, 1.54) is 0 Å². The number of carbonyl (C=O) groups is 1. The van der Waals surface area contributed by atoms with Crippen LogP contribution in [0.25, 0.3) is 0 Å². The van der Waals surface area contributed by atoms with Crippen LogP contribution in [0.5, 0.6) is 0 Å². The SMILES string of the molecule is Cl.Cl.NCCCCCCC(=O)Nc1cnn(Cc2ccncc2)c1. The van der Waals surface area contributed by atoms with Crippen LogP contribution in [-0.4, -0.2) is 27.2 Å². The smallest absolute Gasteiger partial charge is 0.224 e. The van der Waals surface area contributed by atoms with Gasteiger partial charge >= 0.3 is 0 Å². The van der Waals surface area contributed by atoms with E-state index in [0.717, 1.165) is 43.5 Å². The van der Waals surface area contributed by atoms with Crippen LogP contribution in [0.15, 0.2) is 36.9 Å². The van der Waals surface area contributed by atoms with Gasteiger partial charge in [-0.3, -0.25) is 14.5 Å². The molecular weight excluding hydrogens is 349 g/mol. The average molecular weight is 374 g/mol. The molecule has 24 heavy (non-hydrogen) atoms. The van der Waals surface area contributed by atoms with Gasteiger partial charge in [-0.2, -0.15) is 5.10 Å². The number of nitrogens with two attached hydrogens (primary N) is 1. The molecule has 0 bridgehead atoms. The third kappa shape index (κ3) is 8.29. The molecule has 0 aliphatic carbocycles. The molecule has 0 aliphatic heterocycles. The Morgan fingerprint density at radius 3 is 2.54 bits per heavy atom. The molecule has 3 N–H and O–H groups in total. The van der Waals surface area contributed by atoms with Gasteiger partial charge in [0.05, 0.1) is 18.4 Å². The number of nitrogens with one attached hydrogen (secondary N) is 1. The van der Waals surface area contributed by atoms with Crippen LogP contribution in [-0.2, 0) is 11.3 Å². The van der Waals surface area contributed by atoms with E-state index in [4.69, 9.17) is 5.73 Å². The topological polar surface area (TPSA) is 85.8 Å². The maximum absolute atomic E-state index is 11.8. The van der Waals surface area contributed by atoms with Crippen LogP contribution >= 0.6 is 24.8 Å². The normalized spacial score (nSPS) is 9.71. The number of hydrogen-bond donors (Lipinski definition) is 2. The van der Waals surface area contributed by atoms with Gasteiger partial charge in [0.25, 0.3) is 0 Å². The maximum Gasteiger partial charge on any atom is 0.224 e. The molecule has 1 amide bonds. The number of carbonyl (C=O) groups excluding carboxylic acids is 1. The van der Waals surface area contributed by atoms with Gasteiger partial charge in [-0.15, -0.1) is 24.8 Å². The van der Waals surface area contributed by atoms with E-state index < -0.39 is 0 Å². The second-order valence-electron chi connectivity index (χ2n) is 5.28. The fraction of sp³-hybridized carbons (Fsp3) is 0.438. The molecule has 134 valence electrons. The van der Waals surface area contributed by atoms with E-state index in [9.17, 15) is 4.79 Å². The molecular formula is C16H25Cl2N5O. The lowest BCUT2D eigenvalue weighted by molar-refractivity contribution is -0.116. The van der Waals surface area contributed by atoms with Crippen molar-refractivity contribution < 1.29 is 4.79 Å². The van der Waals surface area contributed by atoms with E-state index in [1.807, 2.05) is 18.3 Å². The minimum atomic E-state index is 0. The van der Waals surface area contributed by atoms with Crippen molar-refractivity contribution in [2.45, 2.75) is 38.6 Å². The molecule has 0 aromatic carbocycles. The molecule has 6 nitrogen and oxygen atoms in total. The summed E-state index contributed by atoms with van der Waals surface area (Å²) in [5, 5.41) is 7.13. The van der Waals surface area contributed by atoms with Gasteiger partial charge in [-0.05, 0) is 37.1 Å². The number of amides is 1. The molecule has 0 unspecified atom stereocenters. The predicted octanol–water partition coefficient (Wildman–Crippen LogP) is 3.02. The van der Waals surface area contributed by atoms with Crippen molar-refractivity contribution in [2.75, 3.05) is 11.9 Å². The lowest BCUT2D eigenvalue weighted by Crippen LogP contribution is -2.10. The first-order chi connectivity index (χ1) is 10.8. The standard InChI is InChI=1S/C16H23N5O.2ClH/c17-8-4-2-1-3-5-16(22)20-15-11-19-21(13-15)12-14-6-9-18-10-7-14;;/h6-7,9-11,13H,1-5,8,12,17H2,(H,20,22);2*1H. The summed E-state index contributed by atoms with van der Waals surface area (Å²) in [4.78, 5) is 15.8. The number of unbranched alkanes of at least 4 members (excludes halogenated alkanes) is 3. The van der Waals surface area contributed by atoms with E-state index in [0.29, 0.717) is 13.0 Å². The summed E-state index contributed by atoms with van der Waals surface area (Å²) >= 11 is 0. The van der Waals surface area contributed by atoms with Gasteiger partial charge in [0, 0.05) is 25.0 Å². The van der Waals surface area contributed by atoms with Crippen LogP contribution in [0.1, 0.15) is 37.7 Å². The Kier molecular flexibility index (Phi) is 11.9. The highest BCUT2D eigenvalue weighted by molar-refractivity contribution is 5.90. The summed E-state index contributed by atoms with van der Waals surface area (Å²) < 4.78 is 1.80. The van der Waals surface area contributed by atoms with Gasteiger partial charge in [-0.1, -0.05) is 12.8 Å². The molecule has 0 radical (unpaired) electrons. The number of pyridine rings is 1. The summed E-state index contributed by atoms with van der Waals surface area (Å²) in [6.45, 7) is 1.39. The lowest BCUT2D eigenvalue weighted by Gasteiger charge is -2.03. The molecule has 0 saturated carbocycles. The van der Waals surface area contributed by atoms with Crippen LogP contribution in [0, 0.1) is 0 Å². The number of hydrogen-bond acceptors (Lipinski definition) is 4. The van der Waals surface area contributed by atoms with Crippen LogP contribution in [0.3, 0.4) is 0 Å². The van der Waals surface area contributed by atoms with E-state index in [-0.39, 0.29) is 30.7 Å². The molecule has 0 atom stereocenters. The van der Waals surface area contributed by atoms with Crippen molar-refractivity contribution in [1.29, 1.82) is 0 Å². The molecule has 0 fully saturated rings. The number of halogens is 2. The number of anilines is 1. The summed E-state index contributed by atoms with van der Waals surface area (Å²) in [5.41, 5.74) is 7.30. The highest BCUT2D eigenvalue weighted by Crippen LogP contribution is 2.09. The second kappa shape index (κ2) is 12.8. The maximum atomic E-state index is 11.8. The highest BCUT2D eigenvalue weighted by Gasteiger charge is 2.05. The first-order valence-corrected chi connectivity index (χ1v) is 7.69. The van der Waals surface area contributed by atoms with Crippen molar-refractivity contribution in [3.8, 4) is 0 Å². The van der Waals surface area contributed by atoms with Crippen LogP contribution in [0.2, 0.25) is 0 Å². The monoisotopic (exact) mass is 373 g/mol. The summed E-state index contributed by atoms with van der Waals surface area (Å²) in [5.74, 6) is 0.0382. The summed E-state index contributed by atoms with van der Waals surface area (Å²) in [6, 6.07) is 3.89. The Morgan fingerprint density at radius 2 is 1.83 bits per heavy atom. The van der Waals surface area contributed by atoms with Crippen molar-refractivity contribution in [3.63, 3.8) is 0 Å². The Morgan fingerprint density at radius 1 is 1.12 bits per heavy atom. The van der Waals surface area contributed by atoms with Crippen LogP contribution in [0.4, 0.5) is 5.69 Å². The molecule has 0 aliphatic rings. The Hall–Kier alpha value is -1.63. The zero-order valence-electron chi connectivity index (χ0n) is 13.6. The predicted molar refractivity (Wildman–Crippen MR) is 101 cm³/mol. The average Bonchev–Trinajstić information content (AvgIpc) is 2.95. The van der Waals surface area contributed by atoms with Gasteiger partial charge in [-0.25, -0.2) is 0 Å². The minimum absolute atomic E-state index is 0. The van der Waals surface area contributed by atoms with Crippen molar-refractivity contribution in [2.24, 2.45) is 5.73 Å². The largest absolute Gasteiger partial charge is 0.330 e. The van der Waals surface area contributed by atoms with Gasteiger partial charge < -0.3 is 11.1 Å². The van der Waals surface area contributed by atoms with Crippen molar-refractivity contribution in [3.05, 3.63) is 42.5 Å². The van der Waals surface area contributed by atoms with E-state index in [1.54, 1.807) is 23.3 Å². The first-order valence-electron chi connectivity index (χ1n) is 7.69. The zero-order chi connectivity index (χ0) is 15.6. The second-order valence-corrected chi connectivity index (χ2v) is 5.28. The number of aromatic nitrogens is 3. The van der Waals surface area contributed by atoms with Gasteiger partial charge in [0.1, 0.15) is 0 Å². The fourth-order valence-corrected chi connectivity index (χ4v) is 2.20. The molecule has 2 heterocycles. The fourth-order valence-electron chi connectivity index (χ4n) is 2.20. The molecule has 0 spiro atoms. The number of nitrogens with zero attached hydrogens (tertiary/aromatic N) is 3. The number of rotatable bonds is 9. The third-order valence-corrected chi connectivity index (χ3v) is 3.37. The van der Waals surface area contributed by atoms with E-state index in [2.05, 4.69) is 15.4 Å². The first kappa shape index (κ1) is 22.4. The lowest BCUT2D eigenvalue weighted by atomic mass is 10.1. The summed E-state index contributed by atoms with van der Waals surface area (Å²) in [7, 11) is 0. The minimum Gasteiger partial charge on any atom is -0.330 e. The molecule has 0 saturated heterocycles. The van der Waals surface area contributed by atoms with Crippen molar-refractivity contribution in [1.82, 2.24) is 14.8 Å². The van der Waals surface area contributed by atoms with Crippen molar-refractivity contribution >= 4 is 36.4 Å². The zero-order valence-corrected chi connectivity index (χ0v) is 15.2. The molecule has 2 aromatic rings. The highest BCUT2D eigenvalue weighted by atomic mass is 35.5. The Labute approximate surface area is 155 Å². The quantitative estimate of drug-likeness (QED) is 0.661. The molecule has 8 heteroatoms. The molecule has 2 rings (SSSR count). The summed E-state index contributed by atoms with van der Waals surface area (Å²) in [6.07, 6.45) is 11.6. The Bertz CT molecular complexity index is 577. The van der Waals surface area contributed by atoms with Crippen LogP contribution < -0.4 is 11.1 Å². The van der Waals surface area contributed by atoms with Gasteiger partial charge in [0.15, 0.2) is 0 Å². The molecule has 2 aromatic heterocycles.